The quantitative estimate of drug-likeness (QED) is 0.589. The van der Waals surface area contributed by atoms with Crippen molar-refractivity contribution in [3.05, 3.63) is 29.3 Å². The molecule has 0 N–H and O–H groups in total. The van der Waals surface area contributed by atoms with Crippen molar-refractivity contribution in [3.8, 4) is 0 Å². The van der Waals surface area contributed by atoms with Gasteiger partial charge in [-0.05, 0) is 19.1 Å². The number of rotatable bonds is 3. The van der Waals surface area contributed by atoms with Crippen LogP contribution in [-0.2, 0) is 23.9 Å². The molecule has 0 aromatic heterocycles. The zero-order valence-electron chi connectivity index (χ0n) is 13.4. The molecule has 9 heteroatoms. The number of imide groups is 1. The van der Waals surface area contributed by atoms with E-state index in [0.29, 0.717) is 0 Å². The Kier molecular flexibility index (Phi) is 4.30. The predicted octanol–water partition coefficient (Wildman–Crippen LogP) is 0.979. The Balaban J connectivity index is 2.06. The molecule has 8 nitrogen and oxygen atoms in total. The molecule has 25 heavy (non-hydrogen) atoms. The average Bonchev–Trinajstić information content (AvgIpc) is 3.07. The van der Waals surface area contributed by atoms with E-state index in [1.807, 2.05) is 0 Å². The molecule has 0 saturated carbocycles. The Morgan fingerprint density at radius 2 is 1.92 bits per heavy atom. The number of esters is 1. The maximum absolute atomic E-state index is 12.9. The number of ether oxygens (including phenoxy) is 1. The van der Waals surface area contributed by atoms with Crippen molar-refractivity contribution in [1.29, 1.82) is 0 Å². The minimum Gasteiger partial charge on any atom is -0.461 e. The fourth-order valence-electron chi connectivity index (χ4n) is 2.92. The summed E-state index contributed by atoms with van der Waals surface area (Å²) in [4.78, 5) is 50.5. The molecule has 1 aromatic rings. The summed E-state index contributed by atoms with van der Waals surface area (Å²) >= 11 is 6.09. The smallest absolute Gasteiger partial charge is 0.355 e. The molecule has 2 atom stereocenters. The van der Waals surface area contributed by atoms with Crippen LogP contribution < -0.4 is 4.90 Å². The third-order valence-corrected chi connectivity index (χ3v) is 4.27. The van der Waals surface area contributed by atoms with Gasteiger partial charge in [-0.25, -0.2) is 14.7 Å². The Hall–Kier alpha value is -2.74. The van der Waals surface area contributed by atoms with Crippen LogP contribution in [-0.4, -0.2) is 47.1 Å². The summed E-state index contributed by atoms with van der Waals surface area (Å²) in [5.74, 6) is -3.92. The van der Waals surface area contributed by atoms with Gasteiger partial charge in [0.25, 0.3) is 5.91 Å². The number of hydrogen-bond donors (Lipinski definition) is 0. The highest BCUT2D eigenvalue weighted by Gasteiger charge is 2.59. The van der Waals surface area contributed by atoms with Crippen molar-refractivity contribution in [2.24, 2.45) is 11.0 Å². The minimum atomic E-state index is -1.21. The highest BCUT2D eigenvalue weighted by molar-refractivity contribution is 6.47. The molecule has 2 aliphatic heterocycles. The lowest BCUT2D eigenvalue weighted by Crippen LogP contribution is -2.41. The molecule has 0 spiro atoms. The van der Waals surface area contributed by atoms with Crippen LogP contribution in [0.25, 0.3) is 0 Å². The zero-order chi connectivity index (χ0) is 18.3. The first kappa shape index (κ1) is 17.1. The molecule has 0 aliphatic carbocycles. The SMILES string of the molecule is CCOC(=O)C1=NN(C(C)=O)C2C(=O)N(c3ccccc3Cl)C(=O)C12. The minimum absolute atomic E-state index is 0.0751. The number of amides is 3. The molecule has 0 radical (unpaired) electrons. The van der Waals surface area contributed by atoms with E-state index in [1.165, 1.54) is 19.1 Å². The molecule has 2 unspecified atom stereocenters. The maximum atomic E-state index is 12.9. The Bertz CT molecular complexity index is 822. The third kappa shape index (κ3) is 2.58. The Morgan fingerprint density at radius 3 is 2.52 bits per heavy atom. The van der Waals surface area contributed by atoms with Crippen molar-refractivity contribution in [3.63, 3.8) is 0 Å². The summed E-state index contributed by atoms with van der Waals surface area (Å²) in [5, 5.41) is 4.92. The summed E-state index contributed by atoms with van der Waals surface area (Å²) < 4.78 is 4.89. The number of carbonyl (C=O) groups excluding carboxylic acids is 4. The second kappa shape index (κ2) is 6.29. The standard InChI is InChI=1S/C16H14ClN3O5/c1-3-25-16(24)12-11-13(20(18-12)8(2)21)15(23)19(14(11)22)10-7-5-4-6-9(10)17/h4-7,11,13H,3H2,1-2H3. The summed E-state index contributed by atoms with van der Waals surface area (Å²) in [6.45, 7) is 2.88. The van der Waals surface area contributed by atoms with Crippen molar-refractivity contribution in [1.82, 2.24) is 5.01 Å². The van der Waals surface area contributed by atoms with E-state index in [0.717, 1.165) is 9.91 Å². The summed E-state index contributed by atoms with van der Waals surface area (Å²) in [5.41, 5.74) is -0.0600. The number of hydrazone groups is 1. The van der Waals surface area contributed by atoms with Crippen LogP contribution in [0.2, 0.25) is 5.02 Å². The molecule has 2 heterocycles. The van der Waals surface area contributed by atoms with E-state index in [-0.39, 0.29) is 23.0 Å². The van der Waals surface area contributed by atoms with Crippen LogP contribution in [0.3, 0.4) is 0 Å². The first-order chi connectivity index (χ1) is 11.9. The lowest BCUT2D eigenvalue weighted by atomic mass is 9.98. The molecule has 1 fully saturated rings. The second-order valence-electron chi connectivity index (χ2n) is 5.46. The molecule has 0 bridgehead atoms. The van der Waals surface area contributed by atoms with E-state index in [4.69, 9.17) is 16.3 Å². The molecule has 3 rings (SSSR count). The first-order valence-corrected chi connectivity index (χ1v) is 7.94. The largest absolute Gasteiger partial charge is 0.461 e. The normalized spacial score (nSPS) is 22.1. The van der Waals surface area contributed by atoms with E-state index < -0.39 is 35.7 Å². The number of hydrogen-bond acceptors (Lipinski definition) is 6. The second-order valence-corrected chi connectivity index (χ2v) is 5.86. The number of fused-ring (bicyclic) bond motifs is 1. The molecule has 130 valence electrons. The van der Waals surface area contributed by atoms with Gasteiger partial charge >= 0.3 is 5.97 Å². The van der Waals surface area contributed by atoms with Crippen molar-refractivity contribution in [2.45, 2.75) is 19.9 Å². The maximum Gasteiger partial charge on any atom is 0.355 e. The van der Waals surface area contributed by atoms with Crippen molar-refractivity contribution in [2.75, 3.05) is 11.5 Å². The summed E-state index contributed by atoms with van der Waals surface area (Å²) in [7, 11) is 0. The Morgan fingerprint density at radius 1 is 1.24 bits per heavy atom. The van der Waals surface area contributed by atoms with Crippen LogP contribution in [0.1, 0.15) is 13.8 Å². The van der Waals surface area contributed by atoms with E-state index in [2.05, 4.69) is 5.10 Å². The van der Waals surface area contributed by atoms with Gasteiger partial charge in [0.05, 0.1) is 17.3 Å². The molecule has 2 aliphatic rings. The number of benzene rings is 1. The van der Waals surface area contributed by atoms with Crippen LogP contribution >= 0.6 is 11.6 Å². The molecular formula is C16H14ClN3O5. The number of nitrogens with zero attached hydrogens (tertiary/aromatic N) is 3. The highest BCUT2D eigenvalue weighted by atomic mass is 35.5. The van der Waals surface area contributed by atoms with Gasteiger partial charge in [0.2, 0.25) is 11.8 Å². The fraction of sp³-hybridized carbons (Fsp3) is 0.312. The zero-order valence-corrected chi connectivity index (χ0v) is 14.2. The third-order valence-electron chi connectivity index (χ3n) is 3.95. The van der Waals surface area contributed by atoms with Gasteiger partial charge in [-0.3, -0.25) is 14.4 Å². The lowest BCUT2D eigenvalue weighted by Gasteiger charge is -2.19. The van der Waals surface area contributed by atoms with Gasteiger partial charge in [-0.1, -0.05) is 23.7 Å². The topological polar surface area (TPSA) is 96.3 Å². The fourth-order valence-corrected chi connectivity index (χ4v) is 3.14. The van der Waals surface area contributed by atoms with Crippen LogP contribution in [0.4, 0.5) is 5.69 Å². The van der Waals surface area contributed by atoms with Gasteiger partial charge in [-0.2, -0.15) is 5.10 Å². The van der Waals surface area contributed by atoms with Gasteiger partial charge in [0, 0.05) is 6.92 Å². The molecule has 3 amide bonds. The van der Waals surface area contributed by atoms with E-state index in [9.17, 15) is 19.2 Å². The van der Waals surface area contributed by atoms with Gasteiger partial charge in [0.1, 0.15) is 5.92 Å². The number of carbonyl (C=O) groups is 4. The van der Waals surface area contributed by atoms with Gasteiger partial charge < -0.3 is 4.74 Å². The summed E-state index contributed by atoms with van der Waals surface area (Å²) in [6.07, 6.45) is 0. The number of anilines is 1. The summed E-state index contributed by atoms with van der Waals surface area (Å²) in [6, 6.07) is 5.12. The van der Waals surface area contributed by atoms with Crippen LogP contribution in [0.5, 0.6) is 0 Å². The predicted molar refractivity (Wildman–Crippen MR) is 87.8 cm³/mol. The molecule has 1 saturated heterocycles. The van der Waals surface area contributed by atoms with E-state index >= 15 is 0 Å². The Labute approximate surface area is 148 Å². The van der Waals surface area contributed by atoms with Crippen LogP contribution in [0.15, 0.2) is 29.4 Å². The van der Waals surface area contributed by atoms with Crippen molar-refractivity contribution >= 4 is 46.7 Å². The number of para-hydroxylation sites is 1. The lowest BCUT2D eigenvalue weighted by molar-refractivity contribution is -0.136. The molecular weight excluding hydrogens is 350 g/mol. The average molecular weight is 364 g/mol. The van der Waals surface area contributed by atoms with Crippen molar-refractivity contribution < 1.29 is 23.9 Å². The molecule has 1 aromatic carbocycles. The highest BCUT2D eigenvalue weighted by Crippen LogP contribution is 2.37. The van der Waals surface area contributed by atoms with E-state index in [1.54, 1.807) is 19.1 Å². The van der Waals surface area contributed by atoms with Gasteiger partial charge in [-0.15, -0.1) is 0 Å². The first-order valence-electron chi connectivity index (χ1n) is 7.56. The van der Waals surface area contributed by atoms with Gasteiger partial charge in [0.15, 0.2) is 11.8 Å². The van der Waals surface area contributed by atoms with Crippen LogP contribution in [0, 0.1) is 5.92 Å². The monoisotopic (exact) mass is 363 g/mol. The number of halogens is 1.